The fourth-order valence-corrected chi connectivity index (χ4v) is 2.06. The van der Waals surface area contributed by atoms with Crippen molar-refractivity contribution in [3.8, 4) is 0 Å². The minimum Gasteiger partial charge on any atom is -0.319 e. The molecule has 0 fully saturated rings. The molecular weight excluding hydrogens is 284 g/mol. The highest BCUT2D eigenvalue weighted by Crippen LogP contribution is 2.28. The Kier molecular flexibility index (Phi) is 3.71. The maximum absolute atomic E-state index is 12.2. The summed E-state index contributed by atoms with van der Waals surface area (Å²) in [5.41, 5.74) is 1.23. The lowest BCUT2D eigenvalue weighted by Crippen LogP contribution is -2.15. The average molecular weight is 295 g/mol. The van der Waals surface area contributed by atoms with Crippen LogP contribution < -0.4 is 5.32 Å². The Morgan fingerprint density at radius 2 is 2.15 bits per heavy atom. The summed E-state index contributed by atoms with van der Waals surface area (Å²) in [5.74, 6) is -0.644. The molecule has 1 heterocycles. The van der Waals surface area contributed by atoms with Crippen LogP contribution in [-0.4, -0.2) is 21.0 Å². The molecule has 1 aromatic carbocycles. The Hall–Kier alpha value is -2.41. The first-order valence-corrected chi connectivity index (χ1v) is 6.05. The van der Waals surface area contributed by atoms with E-state index >= 15 is 0 Å². The highest BCUT2D eigenvalue weighted by atomic mass is 35.5. The summed E-state index contributed by atoms with van der Waals surface area (Å²) in [5, 5.41) is 20.2. The van der Waals surface area contributed by atoms with Gasteiger partial charge in [-0.25, -0.2) is 0 Å². The lowest BCUT2D eigenvalue weighted by atomic mass is 10.1. The van der Waals surface area contributed by atoms with Crippen molar-refractivity contribution in [1.29, 1.82) is 0 Å². The maximum atomic E-state index is 12.2. The summed E-state index contributed by atoms with van der Waals surface area (Å²) >= 11 is 5.90. The molecule has 0 aliphatic carbocycles. The topological polar surface area (TPSA) is 101 Å². The number of nitro groups is 1. The van der Waals surface area contributed by atoms with E-state index in [9.17, 15) is 14.9 Å². The fraction of sp³-hybridized carbons (Fsp3) is 0.167. The molecule has 20 heavy (non-hydrogen) atoms. The quantitative estimate of drug-likeness (QED) is 0.671. The van der Waals surface area contributed by atoms with Crippen molar-refractivity contribution in [2.45, 2.75) is 13.8 Å². The number of anilines is 1. The molecule has 0 bridgehead atoms. The second-order valence-corrected chi connectivity index (χ2v) is 4.56. The number of rotatable bonds is 3. The summed E-state index contributed by atoms with van der Waals surface area (Å²) in [6.45, 7) is 3.44. The van der Waals surface area contributed by atoms with Gasteiger partial charge in [-0.1, -0.05) is 17.7 Å². The molecule has 0 atom stereocenters. The van der Waals surface area contributed by atoms with Crippen LogP contribution in [0, 0.1) is 24.0 Å². The maximum Gasteiger partial charge on any atom is 0.283 e. The van der Waals surface area contributed by atoms with E-state index in [0.717, 1.165) is 0 Å². The van der Waals surface area contributed by atoms with E-state index in [1.165, 1.54) is 18.2 Å². The predicted octanol–water partition coefficient (Wildman–Crippen LogP) is 2.84. The smallest absolute Gasteiger partial charge is 0.283 e. The van der Waals surface area contributed by atoms with Crippen LogP contribution in [0.1, 0.15) is 21.7 Å². The zero-order valence-corrected chi connectivity index (χ0v) is 11.5. The van der Waals surface area contributed by atoms with E-state index in [0.29, 0.717) is 17.1 Å². The molecule has 2 aromatic rings. The molecule has 8 heteroatoms. The number of nitrogens with one attached hydrogen (secondary N) is 2. The molecule has 1 aromatic heterocycles. The Morgan fingerprint density at radius 3 is 2.70 bits per heavy atom. The minimum atomic E-state index is -0.644. The SMILES string of the molecule is Cc1n[nH]c(C)c1NC(=O)c1c(Cl)cccc1[N+](=O)[O-]. The molecule has 2 N–H and O–H groups in total. The summed E-state index contributed by atoms with van der Waals surface area (Å²) in [4.78, 5) is 22.5. The van der Waals surface area contributed by atoms with Crippen LogP contribution in [0.3, 0.4) is 0 Å². The molecule has 7 nitrogen and oxygen atoms in total. The Morgan fingerprint density at radius 1 is 1.45 bits per heavy atom. The number of nitrogens with zero attached hydrogens (tertiary/aromatic N) is 2. The number of carbonyl (C=O) groups is 1. The molecule has 0 aliphatic rings. The number of hydrogen-bond donors (Lipinski definition) is 2. The largest absolute Gasteiger partial charge is 0.319 e. The molecule has 104 valence electrons. The van der Waals surface area contributed by atoms with Crippen molar-refractivity contribution in [3.05, 3.63) is 50.3 Å². The monoisotopic (exact) mass is 294 g/mol. The molecular formula is C12H11ClN4O3. The third kappa shape index (κ3) is 2.48. The number of aromatic amines is 1. The molecule has 0 aliphatic heterocycles. The first kappa shape index (κ1) is 14.0. The second kappa shape index (κ2) is 5.30. The normalized spacial score (nSPS) is 10.3. The van der Waals surface area contributed by atoms with Crippen molar-refractivity contribution < 1.29 is 9.72 Å². The van der Waals surface area contributed by atoms with Gasteiger partial charge in [0, 0.05) is 6.07 Å². The van der Waals surface area contributed by atoms with Gasteiger partial charge in [0.1, 0.15) is 5.56 Å². The van der Waals surface area contributed by atoms with Crippen molar-refractivity contribution in [3.63, 3.8) is 0 Å². The molecule has 0 unspecified atom stereocenters. The zero-order chi connectivity index (χ0) is 14.9. The summed E-state index contributed by atoms with van der Waals surface area (Å²) in [6.07, 6.45) is 0. The summed E-state index contributed by atoms with van der Waals surface area (Å²) < 4.78 is 0. The first-order valence-electron chi connectivity index (χ1n) is 5.67. The van der Waals surface area contributed by atoms with Crippen LogP contribution in [0.2, 0.25) is 5.02 Å². The van der Waals surface area contributed by atoms with Gasteiger partial charge >= 0.3 is 0 Å². The molecule has 0 spiro atoms. The number of benzene rings is 1. The van der Waals surface area contributed by atoms with E-state index in [4.69, 9.17) is 11.6 Å². The van der Waals surface area contributed by atoms with Crippen LogP contribution >= 0.6 is 11.6 Å². The standard InChI is InChI=1S/C12H11ClN4O3/c1-6-11(7(2)16-15-6)14-12(18)10-8(13)4-3-5-9(10)17(19)20/h3-5H,1-2H3,(H,14,18)(H,15,16). The van der Waals surface area contributed by atoms with E-state index in [-0.39, 0.29) is 16.3 Å². The Bertz CT molecular complexity index is 677. The number of aromatic nitrogens is 2. The lowest BCUT2D eigenvalue weighted by molar-refractivity contribution is -0.385. The summed E-state index contributed by atoms with van der Waals surface area (Å²) in [6, 6.07) is 4.08. The minimum absolute atomic E-state index is 0.0236. The molecule has 2 rings (SSSR count). The number of carbonyl (C=O) groups excluding carboxylic acids is 1. The molecule has 0 saturated heterocycles. The Labute approximate surface area is 119 Å². The van der Waals surface area contributed by atoms with Crippen molar-refractivity contribution in [2.75, 3.05) is 5.32 Å². The first-order chi connectivity index (χ1) is 9.41. The van der Waals surface area contributed by atoms with Crippen LogP contribution in [0.4, 0.5) is 11.4 Å². The van der Waals surface area contributed by atoms with Gasteiger partial charge < -0.3 is 5.32 Å². The van der Waals surface area contributed by atoms with Gasteiger partial charge in [-0.2, -0.15) is 5.10 Å². The second-order valence-electron chi connectivity index (χ2n) is 4.15. The number of aryl methyl sites for hydroxylation is 2. The van der Waals surface area contributed by atoms with Gasteiger partial charge in [0.05, 0.1) is 27.0 Å². The number of halogens is 1. The Balaban J connectivity index is 2.42. The van der Waals surface area contributed by atoms with Crippen molar-refractivity contribution in [2.24, 2.45) is 0 Å². The highest BCUT2D eigenvalue weighted by Gasteiger charge is 2.24. The highest BCUT2D eigenvalue weighted by molar-refractivity contribution is 6.35. The van der Waals surface area contributed by atoms with E-state index < -0.39 is 10.8 Å². The van der Waals surface area contributed by atoms with Gasteiger partial charge in [-0.3, -0.25) is 20.0 Å². The van der Waals surface area contributed by atoms with Gasteiger partial charge in [0.2, 0.25) is 0 Å². The van der Waals surface area contributed by atoms with Crippen LogP contribution in [0.25, 0.3) is 0 Å². The van der Waals surface area contributed by atoms with E-state index in [1.54, 1.807) is 13.8 Å². The molecule has 1 amide bonds. The van der Waals surface area contributed by atoms with Crippen LogP contribution in [0.15, 0.2) is 18.2 Å². The number of nitro benzene ring substituents is 1. The number of hydrogen-bond acceptors (Lipinski definition) is 4. The predicted molar refractivity (Wildman–Crippen MR) is 74.1 cm³/mol. The lowest BCUT2D eigenvalue weighted by Gasteiger charge is -2.07. The van der Waals surface area contributed by atoms with Crippen LogP contribution in [0.5, 0.6) is 0 Å². The average Bonchev–Trinajstić information content (AvgIpc) is 2.70. The van der Waals surface area contributed by atoms with Gasteiger partial charge in [-0.15, -0.1) is 0 Å². The number of amides is 1. The van der Waals surface area contributed by atoms with E-state index in [1.807, 2.05) is 0 Å². The van der Waals surface area contributed by atoms with Gasteiger partial charge in [0.25, 0.3) is 11.6 Å². The third-order valence-electron chi connectivity index (χ3n) is 2.78. The van der Waals surface area contributed by atoms with Crippen molar-refractivity contribution in [1.82, 2.24) is 10.2 Å². The van der Waals surface area contributed by atoms with Crippen LogP contribution in [-0.2, 0) is 0 Å². The van der Waals surface area contributed by atoms with Crippen molar-refractivity contribution >= 4 is 28.9 Å². The fourth-order valence-electron chi connectivity index (χ4n) is 1.80. The third-order valence-corrected chi connectivity index (χ3v) is 3.10. The van der Waals surface area contributed by atoms with Gasteiger partial charge in [-0.05, 0) is 19.9 Å². The molecule has 0 radical (unpaired) electrons. The van der Waals surface area contributed by atoms with Gasteiger partial charge in [0.15, 0.2) is 0 Å². The summed E-state index contributed by atoms with van der Waals surface area (Å²) in [7, 11) is 0. The molecule has 0 saturated carbocycles. The van der Waals surface area contributed by atoms with E-state index in [2.05, 4.69) is 15.5 Å². The zero-order valence-electron chi connectivity index (χ0n) is 10.7. The number of H-pyrrole nitrogens is 1.